The predicted octanol–water partition coefficient (Wildman–Crippen LogP) is 3.56. The van der Waals surface area contributed by atoms with E-state index in [2.05, 4.69) is 10.3 Å². The molecule has 3 rings (SSSR count). The van der Waals surface area contributed by atoms with Crippen molar-refractivity contribution in [1.29, 1.82) is 0 Å². The van der Waals surface area contributed by atoms with Crippen LogP contribution in [0.1, 0.15) is 54.7 Å². The van der Waals surface area contributed by atoms with Crippen LogP contribution in [0.5, 0.6) is 0 Å². The first-order valence-corrected chi connectivity index (χ1v) is 8.55. The quantitative estimate of drug-likeness (QED) is 0.826. The van der Waals surface area contributed by atoms with Crippen LogP contribution >= 0.6 is 0 Å². The Morgan fingerprint density at radius 2 is 1.92 bits per heavy atom. The molecular formula is C19H23N3O2. The minimum atomic E-state index is -0.124. The minimum absolute atomic E-state index is 0.0464. The number of hydrogen-bond donors (Lipinski definition) is 1. The zero-order valence-corrected chi connectivity index (χ0v) is 14.0. The number of nitrogens with zero attached hydrogens (tertiary/aromatic N) is 2. The van der Waals surface area contributed by atoms with Gasteiger partial charge in [-0.15, -0.1) is 0 Å². The number of aryl methyl sites for hydroxylation is 1. The van der Waals surface area contributed by atoms with Gasteiger partial charge in [0.15, 0.2) is 5.82 Å². The number of carbonyl (C=O) groups is 2. The van der Waals surface area contributed by atoms with Crippen molar-refractivity contribution in [1.82, 2.24) is 9.55 Å². The van der Waals surface area contributed by atoms with Gasteiger partial charge in [-0.1, -0.05) is 25.7 Å². The Kier molecular flexibility index (Phi) is 5.08. The van der Waals surface area contributed by atoms with Gasteiger partial charge < -0.3 is 9.88 Å². The summed E-state index contributed by atoms with van der Waals surface area (Å²) >= 11 is 0. The summed E-state index contributed by atoms with van der Waals surface area (Å²) in [6.45, 7) is 0. The van der Waals surface area contributed by atoms with Gasteiger partial charge in [0, 0.05) is 37.1 Å². The fourth-order valence-electron chi connectivity index (χ4n) is 3.28. The molecule has 1 aliphatic carbocycles. The summed E-state index contributed by atoms with van der Waals surface area (Å²) in [5.41, 5.74) is 1.29. The van der Waals surface area contributed by atoms with Gasteiger partial charge in [0.2, 0.25) is 11.7 Å². The van der Waals surface area contributed by atoms with Crippen LogP contribution in [0.3, 0.4) is 0 Å². The highest BCUT2D eigenvalue weighted by molar-refractivity contribution is 6.07. The number of ketones is 1. The van der Waals surface area contributed by atoms with Gasteiger partial charge in [-0.05, 0) is 36.6 Å². The van der Waals surface area contributed by atoms with Gasteiger partial charge in [-0.3, -0.25) is 9.59 Å². The second kappa shape index (κ2) is 7.43. The molecular weight excluding hydrogens is 302 g/mol. The van der Waals surface area contributed by atoms with Gasteiger partial charge in [0.25, 0.3) is 0 Å². The molecule has 1 fully saturated rings. The van der Waals surface area contributed by atoms with Gasteiger partial charge in [-0.2, -0.15) is 0 Å². The van der Waals surface area contributed by atoms with Crippen LogP contribution in [0, 0.1) is 5.92 Å². The lowest BCUT2D eigenvalue weighted by Gasteiger charge is -2.09. The van der Waals surface area contributed by atoms with E-state index >= 15 is 0 Å². The topological polar surface area (TPSA) is 64.0 Å². The number of nitrogens with one attached hydrogen (secondary N) is 1. The van der Waals surface area contributed by atoms with E-state index in [9.17, 15) is 9.59 Å². The summed E-state index contributed by atoms with van der Waals surface area (Å²) in [5, 5.41) is 2.91. The monoisotopic (exact) mass is 325 g/mol. The van der Waals surface area contributed by atoms with E-state index in [1.165, 1.54) is 25.7 Å². The fourth-order valence-corrected chi connectivity index (χ4v) is 3.28. The maximum atomic E-state index is 12.3. The van der Waals surface area contributed by atoms with Crippen molar-refractivity contribution < 1.29 is 9.59 Å². The van der Waals surface area contributed by atoms with Crippen LogP contribution in [-0.2, 0) is 11.8 Å². The van der Waals surface area contributed by atoms with Gasteiger partial charge >= 0.3 is 0 Å². The summed E-state index contributed by atoms with van der Waals surface area (Å²) in [6, 6.07) is 6.99. The molecule has 5 heteroatoms. The van der Waals surface area contributed by atoms with Crippen LogP contribution in [0.15, 0.2) is 36.7 Å². The number of imidazole rings is 1. The molecule has 2 aromatic rings. The SMILES string of the molecule is Cn1ccnc1C(=O)c1ccc(NC(=O)CCC2CCCC2)cc1. The third-order valence-corrected chi connectivity index (χ3v) is 4.71. The predicted molar refractivity (Wildman–Crippen MR) is 92.9 cm³/mol. The molecule has 1 amide bonds. The van der Waals surface area contributed by atoms with Gasteiger partial charge in [-0.25, -0.2) is 4.98 Å². The lowest BCUT2D eigenvalue weighted by molar-refractivity contribution is -0.116. The van der Waals surface area contributed by atoms with Crippen LogP contribution in [0.25, 0.3) is 0 Å². The Morgan fingerprint density at radius 3 is 2.54 bits per heavy atom. The average molecular weight is 325 g/mol. The standard InChI is InChI=1S/C19H23N3O2/c1-22-13-12-20-19(22)18(24)15-7-9-16(10-8-15)21-17(23)11-6-14-4-2-3-5-14/h7-10,12-14H,2-6,11H2,1H3,(H,21,23). The normalized spacial score (nSPS) is 14.7. The van der Waals surface area contributed by atoms with Crippen LogP contribution in [0.2, 0.25) is 0 Å². The molecule has 0 aliphatic heterocycles. The molecule has 0 radical (unpaired) electrons. The average Bonchev–Trinajstić information content (AvgIpc) is 3.24. The Balaban J connectivity index is 1.55. The Morgan fingerprint density at radius 1 is 1.21 bits per heavy atom. The Labute approximate surface area is 142 Å². The van der Waals surface area contributed by atoms with Crippen molar-refractivity contribution in [3.63, 3.8) is 0 Å². The molecule has 1 aromatic heterocycles. The first kappa shape index (κ1) is 16.4. The zero-order valence-electron chi connectivity index (χ0n) is 14.0. The summed E-state index contributed by atoms with van der Waals surface area (Å²) in [4.78, 5) is 28.4. The number of rotatable bonds is 6. The highest BCUT2D eigenvalue weighted by atomic mass is 16.1. The van der Waals surface area contributed by atoms with Crippen molar-refractivity contribution in [2.75, 3.05) is 5.32 Å². The lowest BCUT2D eigenvalue weighted by atomic mass is 10.0. The Bertz CT molecular complexity index is 712. The Hall–Kier alpha value is -2.43. The molecule has 0 saturated heterocycles. The molecule has 0 spiro atoms. The zero-order chi connectivity index (χ0) is 16.9. The molecule has 0 unspecified atom stereocenters. The van der Waals surface area contributed by atoms with Gasteiger partial charge in [0.1, 0.15) is 0 Å². The first-order chi connectivity index (χ1) is 11.6. The maximum Gasteiger partial charge on any atom is 0.228 e. The van der Waals surface area contributed by atoms with E-state index in [4.69, 9.17) is 0 Å². The van der Waals surface area contributed by atoms with E-state index in [-0.39, 0.29) is 11.7 Å². The number of amides is 1. The maximum absolute atomic E-state index is 12.3. The molecule has 1 N–H and O–H groups in total. The van der Waals surface area contributed by atoms with Crippen molar-refractivity contribution >= 4 is 17.4 Å². The van der Waals surface area contributed by atoms with Crippen molar-refractivity contribution in [3.8, 4) is 0 Å². The van der Waals surface area contributed by atoms with Crippen molar-refractivity contribution in [2.45, 2.75) is 38.5 Å². The van der Waals surface area contributed by atoms with Crippen molar-refractivity contribution in [2.24, 2.45) is 13.0 Å². The summed E-state index contributed by atoms with van der Waals surface area (Å²) in [6.07, 6.45) is 10.0. The van der Waals surface area contributed by atoms with Crippen LogP contribution in [-0.4, -0.2) is 21.2 Å². The third-order valence-electron chi connectivity index (χ3n) is 4.71. The van der Waals surface area contributed by atoms with E-state index in [1.54, 1.807) is 48.3 Å². The highest BCUT2D eigenvalue weighted by Gasteiger charge is 2.16. The molecule has 1 aromatic carbocycles. The molecule has 24 heavy (non-hydrogen) atoms. The number of benzene rings is 1. The molecule has 1 heterocycles. The van der Waals surface area contributed by atoms with Gasteiger partial charge in [0.05, 0.1) is 0 Å². The molecule has 126 valence electrons. The van der Waals surface area contributed by atoms with Crippen LogP contribution < -0.4 is 5.32 Å². The smallest absolute Gasteiger partial charge is 0.228 e. The summed E-state index contributed by atoms with van der Waals surface area (Å²) in [7, 11) is 1.79. The highest BCUT2D eigenvalue weighted by Crippen LogP contribution is 2.28. The lowest BCUT2D eigenvalue weighted by Crippen LogP contribution is -2.13. The van der Waals surface area contributed by atoms with Crippen molar-refractivity contribution in [3.05, 3.63) is 48.0 Å². The summed E-state index contributed by atoms with van der Waals surface area (Å²) < 4.78 is 1.70. The van der Waals surface area contributed by atoms with E-state index in [1.807, 2.05) is 0 Å². The molecule has 1 aliphatic rings. The molecule has 0 atom stereocenters. The fraction of sp³-hybridized carbons (Fsp3) is 0.421. The van der Waals surface area contributed by atoms with E-state index < -0.39 is 0 Å². The number of aromatic nitrogens is 2. The number of anilines is 1. The minimum Gasteiger partial charge on any atom is -0.331 e. The largest absolute Gasteiger partial charge is 0.331 e. The van der Waals surface area contributed by atoms with E-state index in [0.29, 0.717) is 23.7 Å². The molecule has 0 bridgehead atoms. The second-order valence-electron chi connectivity index (χ2n) is 6.51. The second-order valence-corrected chi connectivity index (χ2v) is 6.51. The number of carbonyl (C=O) groups excluding carboxylic acids is 2. The molecule has 1 saturated carbocycles. The number of hydrogen-bond acceptors (Lipinski definition) is 3. The third kappa shape index (κ3) is 3.91. The summed E-state index contributed by atoms with van der Waals surface area (Å²) in [5.74, 6) is 1.04. The molecule has 5 nitrogen and oxygen atoms in total. The van der Waals surface area contributed by atoms with E-state index in [0.717, 1.165) is 12.1 Å². The van der Waals surface area contributed by atoms with Crippen LogP contribution in [0.4, 0.5) is 5.69 Å². The first-order valence-electron chi connectivity index (χ1n) is 8.55.